The molecule has 21 heavy (non-hydrogen) atoms. The Morgan fingerprint density at radius 3 is 2.76 bits per heavy atom. The van der Waals surface area contributed by atoms with E-state index in [1.807, 2.05) is 38.2 Å². The van der Waals surface area contributed by atoms with Crippen LogP contribution in [0.2, 0.25) is 0 Å². The summed E-state index contributed by atoms with van der Waals surface area (Å²) in [5.74, 6) is -0.806. The number of nitrogens with two attached hydrogens (primary N) is 1. The van der Waals surface area contributed by atoms with Gasteiger partial charge in [-0.25, -0.2) is 4.39 Å². The lowest BCUT2D eigenvalue weighted by molar-refractivity contribution is -0.114. The van der Waals surface area contributed by atoms with Crippen LogP contribution >= 0.6 is 0 Å². The van der Waals surface area contributed by atoms with Crippen LogP contribution in [0.1, 0.15) is 5.56 Å². The molecule has 0 aliphatic rings. The number of hydrogen-bond acceptors (Lipinski definition) is 3. The van der Waals surface area contributed by atoms with E-state index in [1.54, 1.807) is 4.90 Å². The summed E-state index contributed by atoms with van der Waals surface area (Å²) < 4.78 is 13.6. The summed E-state index contributed by atoms with van der Waals surface area (Å²) in [4.78, 5) is 13.8. The zero-order valence-electron chi connectivity index (χ0n) is 12.1. The lowest BCUT2D eigenvalue weighted by Gasteiger charge is -2.19. The molecule has 0 atom stereocenters. The predicted octanol–water partition coefficient (Wildman–Crippen LogP) is 2.79. The summed E-state index contributed by atoms with van der Waals surface area (Å²) in [5, 5.41) is 2.53. The highest BCUT2D eigenvalue weighted by Crippen LogP contribution is 2.18. The van der Waals surface area contributed by atoms with Gasteiger partial charge in [-0.15, -0.1) is 0 Å². The van der Waals surface area contributed by atoms with Gasteiger partial charge < -0.3 is 16.0 Å². The van der Waals surface area contributed by atoms with E-state index in [0.29, 0.717) is 5.69 Å². The second-order valence-electron chi connectivity index (χ2n) is 4.98. The molecule has 5 heteroatoms. The van der Waals surface area contributed by atoms with Crippen LogP contribution in [0.15, 0.2) is 42.5 Å². The number of hydrogen-bond donors (Lipinski definition) is 2. The number of nitrogens with zero attached hydrogens (tertiary/aromatic N) is 1. The fraction of sp³-hybridized carbons (Fsp3) is 0.188. The maximum atomic E-state index is 13.6. The second-order valence-corrected chi connectivity index (χ2v) is 4.98. The molecule has 0 fully saturated rings. The average molecular weight is 287 g/mol. The van der Waals surface area contributed by atoms with Crippen LogP contribution in [0.3, 0.4) is 0 Å². The lowest BCUT2D eigenvalue weighted by Crippen LogP contribution is -2.30. The molecule has 2 aromatic rings. The van der Waals surface area contributed by atoms with E-state index in [9.17, 15) is 9.18 Å². The van der Waals surface area contributed by atoms with Gasteiger partial charge in [-0.3, -0.25) is 4.79 Å². The summed E-state index contributed by atoms with van der Waals surface area (Å²) >= 11 is 0. The fourth-order valence-electron chi connectivity index (χ4n) is 2.00. The molecular weight excluding hydrogens is 269 g/mol. The first-order valence-corrected chi connectivity index (χ1v) is 6.58. The molecule has 0 bridgehead atoms. The molecule has 0 unspecified atom stereocenters. The van der Waals surface area contributed by atoms with E-state index in [1.165, 1.54) is 18.2 Å². The number of nitrogen functional groups attached to an aromatic ring is 1. The van der Waals surface area contributed by atoms with Crippen molar-refractivity contribution in [2.75, 3.05) is 29.5 Å². The molecule has 0 aliphatic carbocycles. The van der Waals surface area contributed by atoms with Gasteiger partial charge in [0.2, 0.25) is 5.91 Å². The molecule has 0 saturated heterocycles. The van der Waals surface area contributed by atoms with Gasteiger partial charge >= 0.3 is 0 Å². The average Bonchev–Trinajstić information content (AvgIpc) is 2.42. The maximum absolute atomic E-state index is 13.6. The van der Waals surface area contributed by atoms with Crippen molar-refractivity contribution in [2.24, 2.45) is 0 Å². The Morgan fingerprint density at radius 2 is 2.05 bits per heavy atom. The standard InChI is InChI=1S/C16H18FN3O/c1-11-4-3-5-13(8-11)20(2)10-16(21)19-15-9-12(18)6-7-14(15)17/h3-9H,10,18H2,1-2H3,(H,19,21). The SMILES string of the molecule is Cc1cccc(N(C)CC(=O)Nc2cc(N)ccc2F)c1. The van der Waals surface area contributed by atoms with Crippen LogP contribution in [0, 0.1) is 12.7 Å². The lowest BCUT2D eigenvalue weighted by atomic mass is 10.2. The first-order valence-electron chi connectivity index (χ1n) is 6.58. The topological polar surface area (TPSA) is 58.4 Å². The van der Waals surface area contributed by atoms with Crippen LogP contribution in [0.25, 0.3) is 0 Å². The third-order valence-corrected chi connectivity index (χ3v) is 3.09. The molecule has 0 heterocycles. The van der Waals surface area contributed by atoms with Gasteiger partial charge in [0.25, 0.3) is 0 Å². The maximum Gasteiger partial charge on any atom is 0.243 e. The van der Waals surface area contributed by atoms with Gasteiger partial charge in [-0.2, -0.15) is 0 Å². The fourth-order valence-corrected chi connectivity index (χ4v) is 2.00. The zero-order valence-corrected chi connectivity index (χ0v) is 12.1. The van der Waals surface area contributed by atoms with E-state index < -0.39 is 5.82 Å². The third-order valence-electron chi connectivity index (χ3n) is 3.09. The first-order chi connectivity index (χ1) is 9.95. The number of amides is 1. The number of rotatable bonds is 4. The van der Waals surface area contributed by atoms with Gasteiger partial charge in [-0.05, 0) is 42.8 Å². The van der Waals surface area contributed by atoms with Crippen molar-refractivity contribution >= 4 is 23.0 Å². The Hall–Kier alpha value is -2.56. The van der Waals surface area contributed by atoms with Crippen LogP contribution in [0.5, 0.6) is 0 Å². The van der Waals surface area contributed by atoms with E-state index in [4.69, 9.17) is 5.73 Å². The molecule has 2 aromatic carbocycles. The van der Waals surface area contributed by atoms with Crippen molar-refractivity contribution < 1.29 is 9.18 Å². The largest absolute Gasteiger partial charge is 0.399 e. The number of carbonyl (C=O) groups excluding carboxylic acids is 1. The van der Waals surface area contributed by atoms with Crippen molar-refractivity contribution in [3.8, 4) is 0 Å². The molecule has 4 nitrogen and oxygen atoms in total. The summed E-state index contributed by atoms with van der Waals surface area (Å²) in [6.45, 7) is 2.11. The molecule has 0 spiro atoms. The normalized spacial score (nSPS) is 10.2. The number of anilines is 3. The highest BCUT2D eigenvalue weighted by molar-refractivity contribution is 5.94. The third kappa shape index (κ3) is 3.95. The van der Waals surface area contributed by atoms with Gasteiger partial charge in [0.15, 0.2) is 0 Å². The number of nitrogens with one attached hydrogen (secondary N) is 1. The van der Waals surface area contributed by atoms with E-state index in [2.05, 4.69) is 5.32 Å². The minimum atomic E-state index is -0.504. The number of aryl methyl sites for hydroxylation is 1. The van der Waals surface area contributed by atoms with Gasteiger partial charge in [0.05, 0.1) is 12.2 Å². The van der Waals surface area contributed by atoms with E-state index >= 15 is 0 Å². The van der Waals surface area contributed by atoms with E-state index in [-0.39, 0.29) is 18.1 Å². The minimum Gasteiger partial charge on any atom is -0.399 e. The highest BCUT2D eigenvalue weighted by atomic mass is 19.1. The quantitative estimate of drug-likeness (QED) is 0.850. The highest BCUT2D eigenvalue weighted by Gasteiger charge is 2.10. The Balaban J connectivity index is 2.03. The Kier molecular flexibility index (Phi) is 4.42. The number of benzene rings is 2. The van der Waals surface area contributed by atoms with Gasteiger partial charge in [-0.1, -0.05) is 12.1 Å². The second kappa shape index (κ2) is 6.26. The molecule has 0 radical (unpaired) electrons. The van der Waals surface area contributed by atoms with Crippen LogP contribution in [-0.4, -0.2) is 19.5 Å². The summed E-state index contributed by atoms with van der Waals surface area (Å²) in [6.07, 6.45) is 0. The molecule has 2 rings (SSSR count). The predicted molar refractivity (Wildman–Crippen MR) is 83.9 cm³/mol. The van der Waals surface area contributed by atoms with Gasteiger partial charge in [0.1, 0.15) is 5.82 Å². The summed E-state index contributed by atoms with van der Waals surface area (Å²) in [6, 6.07) is 11.9. The molecule has 0 aromatic heterocycles. The monoisotopic (exact) mass is 287 g/mol. The number of likely N-dealkylation sites (N-methyl/N-ethyl adjacent to an activating group) is 1. The number of halogens is 1. The van der Waals surface area contributed by atoms with Crippen molar-refractivity contribution in [2.45, 2.75) is 6.92 Å². The Morgan fingerprint density at radius 1 is 1.29 bits per heavy atom. The van der Waals surface area contributed by atoms with Crippen molar-refractivity contribution in [1.82, 2.24) is 0 Å². The van der Waals surface area contributed by atoms with Gasteiger partial charge in [0, 0.05) is 18.4 Å². The van der Waals surface area contributed by atoms with Crippen molar-refractivity contribution in [1.29, 1.82) is 0 Å². The Bertz CT molecular complexity index is 658. The summed E-state index contributed by atoms with van der Waals surface area (Å²) in [7, 11) is 1.81. The van der Waals surface area contributed by atoms with Crippen LogP contribution < -0.4 is 16.0 Å². The minimum absolute atomic E-state index is 0.0950. The van der Waals surface area contributed by atoms with Crippen LogP contribution in [-0.2, 0) is 4.79 Å². The molecule has 1 amide bonds. The summed E-state index contributed by atoms with van der Waals surface area (Å²) in [5.41, 5.74) is 8.12. The molecule has 0 saturated carbocycles. The molecule has 0 aliphatic heterocycles. The first kappa shape index (κ1) is 14.8. The molecule has 110 valence electrons. The Labute approximate surface area is 123 Å². The van der Waals surface area contributed by atoms with E-state index in [0.717, 1.165) is 11.3 Å². The molecular formula is C16H18FN3O. The zero-order chi connectivity index (χ0) is 15.4. The van der Waals surface area contributed by atoms with Crippen LogP contribution in [0.4, 0.5) is 21.5 Å². The van der Waals surface area contributed by atoms with Crippen molar-refractivity contribution in [3.05, 3.63) is 53.8 Å². The van der Waals surface area contributed by atoms with Crippen molar-refractivity contribution in [3.63, 3.8) is 0 Å². The molecule has 3 N–H and O–H groups in total. The number of carbonyl (C=O) groups is 1. The smallest absolute Gasteiger partial charge is 0.243 e.